The van der Waals surface area contributed by atoms with Gasteiger partial charge in [-0.05, 0) is 5.57 Å². The zero-order valence-electron chi connectivity index (χ0n) is 16.1. The molecule has 14 heteroatoms. The van der Waals surface area contributed by atoms with Crippen molar-refractivity contribution in [3.63, 3.8) is 0 Å². The van der Waals surface area contributed by atoms with Gasteiger partial charge < -0.3 is 25.7 Å². The van der Waals surface area contributed by atoms with Gasteiger partial charge in [0.25, 0.3) is 11.8 Å². The minimum Gasteiger partial charge on any atom is -0.477 e. The molecule has 0 spiro atoms. The number of aromatic nitrogens is 1. The number of carbonyl (C=O) groups is 4. The third-order valence-corrected chi connectivity index (χ3v) is 6.25. The van der Waals surface area contributed by atoms with Gasteiger partial charge in [0.15, 0.2) is 10.8 Å². The van der Waals surface area contributed by atoms with Gasteiger partial charge in [0.1, 0.15) is 22.8 Å². The fourth-order valence-corrected chi connectivity index (χ4v) is 4.71. The van der Waals surface area contributed by atoms with E-state index in [-0.39, 0.29) is 22.2 Å². The molecule has 3 rings (SSSR count). The molecule has 3 heterocycles. The van der Waals surface area contributed by atoms with Crippen LogP contribution >= 0.6 is 23.1 Å². The number of fused-ring (bicyclic) bond motifs is 1. The summed E-state index contributed by atoms with van der Waals surface area (Å²) >= 11 is 2.35. The largest absolute Gasteiger partial charge is 0.477 e. The minimum absolute atomic E-state index is 0.0878. The Kier molecular flexibility index (Phi) is 6.60. The first kappa shape index (κ1) is 22.3. The third kappa shape index (κ3) is 4.39. The van der Waals surface area contributed by atoms with Gasteiger partial charge in [0, 0.05) is 11.1 Å². The summed E-state index contributed by atoms with van der Waals surface area (Å²) in [5.74, 6) is -3.04. The van der Waals surface area contributed by atoms with E-state index in [1.54, 1.807) is 0 Å². The lowest BCUT2D eigenvalue weighted by Gasteiger charge is -2.49. The Morgan fingerprint density at radius 1 is 1.52 bits per heavy atom. The number of anilines is 1. The number of aliphatic carboxylic acids is 1. The van der Waals surface area contributed by atoms with Gasteiger partial charge in [0.2, 0.25) is 6.61 Å². The van der Waals surface area contributed by atoms with Crippen LogP contribution in [0.15, 0.2) is 34.5 Å². The molecule has 0 aromatic carbocycles. The number of rotatable bonds is 8. The van der Waals surface area contributed by atoms with Crippen molar-refractivity contribution >= 4 is 57.7 Å². The number of methoxy groups -OCH3 is 1. The van der Waals surface area contributed by atoms with Crippen molar-refractivity contribution in [2.45, 2.75) is 11.4 Å². The number of allylic oxidation sites excluding steroid dienone is 1. The van der Waals surface area contributed by atoms with Crippen LogP contribution in [0.2, 0.25) is 0 Å². The molecule has 1 fully saturated rings. The number of thioether (sulfide) groups is 1. The average molecular weight is 467 g/mol. The second-order valence-electron chi connectivity index (χ2n) is 6.10. The number of amides is 2. The van der Waals surface area contributed by atoms with Crippen LogP contribution in [0.5, 0.6) is 0 Å². The third-order valence-electron chi connectivity index (χ3n) is 4.28. The molecule has 31 heavy (non-hydrogen) atoms. The molecule has 0 bridgehead atoms. The first-order valence-electron chi connectivity index (χ1n) is 8.61. The first-order chi connectivity index (χ1) is 14.8. The van der Waals surface area contributed by atoms with Crippen LogP contribution in [0.1, 0.15) is 5.69 Å². The Hall–Kier alpha value is -3.39. The Morgan fingerprint density at radius 2 is 2.26 bits per heavy atom. The normalized spacial score (nSPS) is 20.5. The van der Waals surface area contributed by atoms with Crippen molar-refractivity contribution in [2.24, 2.45) is 5.16 Å². The van der Waals surface area contributed by atoms with Gasteiger partial charge >= 0.3 is 11.9 Å². The highest BCUT2D eigenvalue weighted by Gasteiger charge is 2.54. The van der Waals surface area contributed by atoms with Crippen LogP contribution in [0.25, 0.3) is 0 Å². The summed E-state index contributed by atoms with van der Waals surface area (Å²) in [5.41, 5.74) is 5.66. The lowest BCUT2D eigenvalue weighted by molar-refractivity contribution is -0.150. The number of carboxylic acids is 1. The summed E-state index contributed by atoms with van der Waals surface area (Å²) < 4.78 is 4.43. The van der Waals surface area contributed by atoms with E-state index in [9.17, 15) is 24.3 Å². The minimum atomic E-state index is -1.25. The van der Waals surface area contributed by atoms with Crippen molar-refractivity contribution in [2.75, 3.05) is 25.2 Å². The van der Waals surface area contributed by atoms with Crippen molar-refractivity contribution in [1.82, 2.24) is 15.2 Å². The predicted molar refractivity (Wildman–Crippen MR) is 111 cm³/mol. The molecule has 0 aliphatic carbocycles. The van der Waals surface area contributed by atoms with E-state index < -0.39 is 41.8 Å². The van der Waals surface area contributed by atoms with E-state index in [1.807, 2.05) is 0 Å². The molecule has 1 unspecified atom stereocenters. The van der Waals surface area contributed by atoms with Gasteiger partial charge in [-0.1, -0.05) is 17.8 Å². The van der Waals surface area contributed by atoms with Crippen molar-refractivity contribution in [3.8, 4) is 0 Å². The number of carbonyl (C=O) groups excluding carboxylic acids is 3. The smallest absolute Gasteiger partial charge is 0.352 e. The number of carboxylic acid groups (broad SMARTS) is 1. The van der Waals surface area contributed by atoms with E-state index in [0.717, 1.165) is 23.3 Å². The Balaban J connectivity index is 1.78. The molecule has 12 nitrogen and oxygen atoms in total. The van der Waals surface area contributed by atoms with Gasteiger partial charge in [-0.25, -0.2) is 14.6 Å². The van der Waals surface area contributed by atoms with Gasteiger partial charge in [-0.3, -0.25) is 14.5 Å². The molecule has 2 aliphatic rings. The molecule has 2 atom stereocenters. The highest BCUT2D eigenvalue weighted by atomic mass is 32.2. The fraction of sp³-hybridized carbons (Fsp3) is 0.294. The Labute approximate surface area is 183 Å². The zero-order chi connectivity index (χ0) is 22.7. The fourth-order valence-electron chi connectivity index (χ4n) is 2.82. The molecule has 1 saturated heterocycles. The lowest BCUT2D eigenvalue weighted by atomic mass is 10.0. The highest BCUT2D eigenvalue weighted by Crippen LogP contribution is 2.40. The maximum Gasteiger partial charge on any atom is 0.352 e. The standard InChI is InChI=1S/C17H17N5O7S2/c1-3-7-5-30-15-11(14(25)22(15)12(7)16(26)27)20-13(24)10(8-6-31-17(18)19-8)21-29-4-9(23)28-2/h3,6,11,15H,1,4-5H2,2H3,(H2,18,19)(H,20,24)(H,26,27)/b21-10+/t11?,15-/m1/s1. The Bertz CT molecular complexity index is 1020. The topological polar surface area (TPSA) is 174 Å². The molecule has 4 N–H and O–H groups in total. The molecular weight excluding hydrogens is 450 g/mol. The highest BCUT2D eigenvalue weighted by molar-refractivity contribution is 8.00. The Morgan fingerprint density at radius 3 is 2.84 bits per heavy atom. The number of nitrogen functional groups attached to an aromatic ring is 1. The van der Waals surface area contributed by atoms with Crippen molar-refractivity contribution < 1.29 is 33.9 Å². The second-order valence-corrected chi connectivity index (χ2v) is 8.10. The summed E-state index contributed by atoms with van der Waals surface area (Å²) in [6.07, 6.45) is 1.39. The van der Waals surface area contributed by atoms with Crippen molar-refractivity contribution in [1.29, 1.82) is 0 Å². The number of nitrogens with two attached hydrogens (primary N) is 1. The van der Waals surface area contributed by atoms with E-state index >= 15 is 0 Å². The van der Waals surface area contributed by atoms with Crippen LogP contribution < -0.4 is 11.1 Å². The van der Waals surface area contributed by atoms with Gasteiger partial charge in [-0.15, -0.1) is 23.1 Å². The summed E-state index contributed by atoms with van der Waals surface area (Å²) in [7, 11) is 1.16. The molecule has 0 radical (unpaired) electrons. The summed E-state index contributed by atoms with van der Waals surface area (Å²) in [6, 6.07) is -0.986. The zero-order valence-corrected chi connectivity index (χ0v) is 17.7. The number of ether oxygens (including phenoxy) is 1. The molecule has 164 valence electrons. The summed E-state index contributed by atoms with van der Waals surface area (Å²) in [4.78, 5) is 58.2. The maximum absolute atomic E-state index is 12.8. The van der Waals surface area contributed by atoms with Crippen LogP contribution in [0.3, 0.4) is 0 Å². The van der Waals surface area contributed by atoms with E-state index in [2.05, 4.69) is 26.8 Å². The molecule has 2 amide bonds. The molecule has 2 aliphatic heterocycles. The monoisotopic (exact) mass is 467 g/mol. The predicted octanol–water partition coefficient (Wildman–Crippen LogP) is -0.456. The average Bonchev–Trinajstić information content (AvgIpc) is 3.18. The van der Waals surface area contributed by atoms with Gasteiger partial charge in [-0.2, -0.15) is 0 Å². The van der Waals surface area contributed by atoms with E-state index in [4.69, 9.17) is 10.6 Å². The number of nitrogens with one attached hydrogen (secondary N) is 1. The van der Waals surface area contributed by atoms with Crippen LogP contribution in [-0.4, -0.2) is 75.3 Å². The summed E-state index contributed by atoms with van der Waals surface area (Å²) in [6.45, 7) is 3.03. The summed E-state index contributed by atoms with van der Waals surface area (Å²) in [5, 5.41) is 16.7. The quantitative estimate of drug-likeness (QED) is 0.196. The second kappa shape index (κ2) is 9.18. The van der Waals surface area contributed by atoms with E-state index in [0.29, 0.717) is 11.3 Å². The lowest BCUT2D eigenvalue weighted by Crippen LogP contribution is -2.71. The SMILES string of the molecule is C=CC1=C(C(=O)O)N2C(=O)C(NC(=O)/C(=N/OCC(=O)OC)c3csc(N)n3)[C@H]2SC1. The van der Waals surface area contributed by atoms with Gasteiger partial charge in [0.05, 0.1) is 7.11 Å². The number of esters is 1. The number of oxime groups is 1. The van der Waals surface area contributed by atoms with Crippen LogP contribution in [-0.2, 0) is 28.8 Å². The van der Waals surface area contributed by atoms with Crippen LogP contribution in [0.4, 0.5) is 5.13 Å². The molecular formula is C17H17N5O7S2. The molecule has 0 saturated carbocycles. The molecule has 1 aromatic rings. The number of thiazole rings is 1. The number of hydrogen-bond acceptors (Lipinski definition) is 11. The first-order valence-corrected chi connectivity index (χ1v) is 10.5. The van der Waals surface area contributed by atoms with Crippen molar-refractivity contribution in [3.05, 3.63) is 35.0 Å². The number of nitrogens with zero attached hydrogens (tertiary/aromatic N) is 3. The van der Waals surface area contributed by atoms with E-state index in [1.165, 1.54) is 23.2 Å². The molecule has 1 aromatic heterocycles. The van der Waals surface area contributed by atoms with Crippen LogP contribution in [0, 0.1) is 0 Å². The number of β-lactam (4-membered cyclic amide) rings is 1. The maximum atomic E-state index is 12.8. The number of hydrogen-bond donors (Lipinski definition) is 3.